The Balaban J connectivity index is 4.10. The summed E-state index contributed by atoms with van der Waals surface area (Å²) in [5, 5.41) is 3.18. The molecule has 110 valence electrons. The Hall–Kier alpha value is -0.170. The lowest BCUT2D eigenvalue weighted by molar-refractivity contribution is 0.424. The third-order valence-electron chi connectivity index (χ3n) is 2.66. The van der Waals surface area contributed by atoms with Gasteiger partial charge < -0.3 is 5.32 Å². The highest BCUT2D eigenvalue weighted by molar-refractivity contribution is 7.87. The number of rotatable bonds is 10. The van der Waals surface area contributed by atoms with Gasteiger partial charge in [-0.1, -0.05) is 20.8 Å². The van der Waals surface area contributed by atoms with Gasteiger partial charge in [-0.25, -0.2) is 0 Å². The van der Waals surface area contributed by atoms with Crippen molar-refractivity contribution in [2.45, 2.75) is 46.6 Å². The molecule has 0 aromatic rings. The fourth-order valence-corrected chi connectivity index (χ4v) is 2.98. The number of hydrogen-bond donors (Lipinski definition) is 2. The minimum Gasteiger partial charge on any atom is -0.317 e. The van der Waals surface area contributed by atoms with Crippen molar-refractivity contribution in [3.05, 3.63) is 0 Å². The molecule has 0 saturated carbocycles. The molecule has 0 rings (SSSR count). The standard InChI is InChI=1S/C12H29N3O2S/c1-6-13-8-7-9-15(5)18(16,17)14-12(4)10-11(2)3/h11-14H,6-10H2,1-5H3. The van der Waals surface area contributed by atoms with Crippen LogP contribution in [0.1, 0.15) is 40.5 Å². The van der Waals surface area contributed by atoms with E-state index in [0.29, 0.717) is 12.5 Å². The highest BCUT2D eigenvalue weighted by Gasteiger charge is 2.19. The molecule has 1 unspecified atom stereocenters. The molecule has 0 fully saturated rings. The number of hydrogen-bond acceptors (Lipinski definition) is 3. The van der Waals surface area contributed by atoms with Crippen LogP contribution in [0, 0.1) is 5.92 Å². The van der Waals surface area contributed by atoms with Gasteiger partial charge in [0.1, 0.15) is 0 Å². The summed E-state index contributed by atoms with van der Waals surface area (Å²) in [5.41, 5.74) is 0. The molecule has 1 atom stereocenters. The predicted octanol–water partition coefficient (Wildman–Crippen LogP) is 1.19. The Morgan fingerprint density at radius 1 is 1.22 bits per heavy atom. The lowest BCUT2D eigenvalue weighted by Gasteiger charge is -2.22. The average molecular weight is 279 g/mol. The molecule has 0 aromatic heterocycles. The van der Waals surface area contributed by atoms with Crippen LogP contribution in [0.25, 0.3) is 0 Å². The largest absolute Gasteiger partial charge is 0.317 e. The molecule has 0 aliphatic carbocycles. The molecule has 0 aliphatic rings. The van der Waals surface area contributed by atoms with Gasteiger partial charge in [0.05, 0.1) is 0 Å². The second kappa shape index (κ2) is 8.85. The number of nitrogens with zero attached hydrogens (tertiary/aromatic N) is 1. The first kappa shape index (κ1) is 17.8. The third kappa shape index (κ3) is 8.02. The summed E-state index contributed by atoms with van der Waals surface area (Å²) in [4.78, 5) is 0. The smallest absolute Gasteiger partial charge is 0.279 e. The zero-order valence-corrected chi connectivity index (χ0v) is 13.2. The molecule has 0 aromatic carbocycles. The molecular weight excluding hydrogens is 250 g/mol. The summed E-state index contributed by atoms with van der Waals surface area (Å²) in [7, 11) is -1.72. The van der Waals surface area contributed by atoms with Crippen LogP contribution in [0.5, 0.6) is 0 Å². The van der Waals surface area contributed by atoms with E-state index < -0.39 is 10.2 Å². The Bertz CT molecular complexity index is 304. The first-order chi connectivity index (χ1) is 8.29. The van der Waals surface area contributed by atoms with Crippen LogP contribution in [0.3, 0.4) is 0 Å². The Morgan fingerprint density at radius 2 is 1.83 bits per heavy atom. The molecule has 0 amide bonds. The van der Waals surface area contributed by atoms with E-state index in [-0.39, 0.29) is 6.04 Å². The first-order valence-corrected chi connectivity index (χ1v) is 8.17. The Kier molecular flexibility index (Phi) is 8.77. The van der Waals surface area contributed by atoms with Gasteiger partial charge in [0.15, 0.2) is 0 Å². The minimum absolute atomic E-state index is 0.0220. The summed E-state index contributed by atoms with van der Waals surface area (Å²) < 4.78 is 28.1. The van der Waals surface area contributed by atoms with E-state index in [1.54, 1.807) is 7.05 Å². The fourth-order valence-electron chi connectivity index (χ4n) is 1.82. The topological polar surface area (TPSA) is 61.4 Å². The lowest BCUT2D eigenvalue weighted by Crippen LogP contribution is -2.43. The van der Waals surface area contributed by atoms with Gasteiger partial charge in [0.25, 0.3) is 10.2 Å². The third-order valence-corrected chi connectivity index (χ3v) is 4.37. The molecule has 0 aliphatic heterocycles. The van der Waals surface area contributed by atoms with E-state index in [9.17, 15) is 8.42 Å². The Labute approximate surface area is 113 Å². The second-order valence-corrected chi connectivity index (χ2v) is 6.99. The monoisotopic (exact) mass is 279 g/mol. The zero-order chi connectivity index (χ0) is 14.2. The molecule has 2 N–H and O–H groups in total. The van der Waals surface area contributed by atoms with E-state index in [2.05, 4.69) is 23.9 Å². The van der Waals surface area contributed by atoms with Crippen LogP contribution in [-0.2, 0) is 10.2 Å². The van der Waals surface area contributed by atoms with Crippen LogP contribution >= 0.6 is 0 Å². The zero-order valence-electron chi connectivity index (χ0n) is 12.4. The maximum Gasteiger partial charge on any atom is 0.279 e. The van der Waals surface area contributed by atoms with Gasteiger partial charge in [-0.05, 0) is 38.8 Å². The first-order valence-electron chi connectivity index (χ1n) is 6.73. The van der Waals surface area contributed by atoms with E-state index >= 15 is 0 Å². The summed E-state index contributed by atoms with van der Waals surface area (Å²) in [6, 6.07) is -0.0220. The maximum absolute atomic E-state index is 12.0. The summed E-state index contributed by atoms with van der Waals surface area (Å²) in [6.45, 7) is 10.4. The minimum atomic E-state index is -3.34. The van der Waals surface area contributed by atoms with E-state index in [4.69, 9.17) is 0 Å². The summed E-state index contributed by atoms with van der Waals surface area (Å²) in [6.07, 6.45) is 1.67. The van der Waals surface area contributed by atoms with Crippen molar-refractivity contribution in [2.75, 3.05) is 26.7 Å². The van der Waals surface area contributed by atoms with Crippen molar-refractivity contribution in [1.82, 2.24) is 14.3 Å². The highest BCUT2D eigenvalue weighted by atomic mass is 32.2. The molecule has 0 radical (unpaired) electrons. The summed E-state index contributed by atoms with van der Waals surface area (Å²) in [5.74, 6) is 0.488. The molecular formula is C12H29N3O2S. The van der Waals surface area contributed by atoms with Crippen molar-refractivity contribution in [3.63, 3.8) is 0 Å². The SMILES string of the molecule is CCNCCCN(C)S(=O)(=O)NC(C)CC(C)C. The fraction of sp³-hybridized carbons (Fsp3) is 1.00. The van der Waals surface area contributed by atoms with Gasteiger partial charge in [-0.15, -0.1) is 0 Å². The highest BCUT2D eigenvalue weighted by Crippen LogP contribution is 2.06. The lowest BCUT2D eigenvalue weighted by atomic mass is 10.1. The van der Waals surface area contributed by atoms with Gasteiger partial charge in [-0.3, -0.25) is 0 Å². The quantitative estimate of drug-likeness (QED) is 0.591. The predicted molar refractivity (Wildman–Crippen MR) is 76.8 cm³/mol. The molecule has 5 nitrogen and oxygen atoms in total. The van der Waals surface area contributed by atoms with Crippen molar-refractivity contribution in [2.24, 2.45) is 5.92 Å². The average Bonchev–Trinajstić information content (AvgIpc) is 2.21. The van der Waals surface area contributed by atoms with Gasteiger partial charge in [0, 0.05) is 19.6 Å². The van der Waals surface area contributed by atoms with Crippen LogP contribution in [0.15, 0.2) is 0 Å². The van der Waals surface area contributed by atoms with Gasteiger partial charge >= 0.3 is 0 Å². The normalized spacial score (nSPS) is 14.4. The van der Waals surface area contributed by atoms with Crippen LogP contribution < -0.4 is 10.0 Å². The van der Waals surface area contributed by atoms with Crippen LogP contribution in [0.4, 0.5) is 0 Å². The summed E-state index contributed by atoms with van der Waals surface area (Å²) >= 11 is 0. The van der Waals surface area contributed by atoms with Crippen molar-refractivity contribution >= 4 is 10.2 Å². The van der Waals surface area contributed by atoms with E-state index in [0.717, 1.165) is 25.9 Å². The molecule has 0 saturated heterocycles. The molecule has 0 heterocycles. The number of nitrogens with one attached hydrogen (secondary N) is 2. The Morgan fingerprint density at radius 3 is 2.33 bits per heavy atom. The van der Waals surface area contributed by atoms with E-state index in [1.807, 2.05) is 13.8 Å². The van der Waals surface area contributed by atoms with E-state index in [1.165, 1.54) is 4.31 Å². The second-order valence-electron chi connectivity index (χ2n) is 5.18. The van der Waals surface area contributed by atoms with Gasteiger partial charge in [-0.2, -0.15) is 17.4 Å². The molecule has 18 heavy (non-hydrogen) atoms. The van der Waals surface area contributed by atoms with Crippen LogP contribution in [0.2, 0.25) is 0 Å². The maximum atomic E-state index is 12.0. The van der Waals surface area contributed by atoms with Crippen molar-refractivity contribution in [3.8, 4) is 0 Å². The van der Waals surface area contributed by atoms with Crippen LogP contribution in [-0.4, -0.2) is 45.4 Å². The molecule has 6 heteroatoms. The molecule has 0 spiro atoms. The van der Waals surface area contributed by atoms with Gasteiger partial charge in [0.2, 0.25) is 0 Å². The molecule has 0 bridgehead atoms. The van der Waals surface area contributed by atoms with Crippen molar-refractivity contribution < 1.29 is 8.42 Å². The van der Waals surface area contributed by atoms with Crippen molar-refractivity contribution in [1.29, 1.82) is 0 Å².